The fourth-order valence-corrected chi connectivity index (χ4v) is 6.41. The number of aliphatic carboxylic acids is 1. The molecule has 0 spiro atoms. The Balaban J connectivity index is 4.43. The summed E-state index contributed by atoms with van der Waals surface area (Å²) >= 11 is 0. The second kappa shape index (κ2) is 42.0. The van der Waals surface area contributed by atoms with Crippen LogP contribution in [-0.4, -0.2) is 82.3 Å². The highest BCUT2D eigenvalue weighted by Crippen LogP contribution is 2.15. The van der Waals surface area contributed by atoms with E-state index in [4.69, 9.17) is 18.9 Å². The molecule has 342 valence electrons. The lowest BCUT2D eigenvalue weighted by molar-refractivity contribution is -0.870. The predicted octanol–water partition coefficient (Wildman–Crippen LogP) is 11.4. The van der Waals surface area contributed by atoms with Crippen LogP contribution >= 0.6 is 0 Å². The van der Waals surface area contributed by atoms with E-state index in [9.17, 15) is 19.5 Å². The number of nitrogens with zero attached hydrogens (tertiary/aromatic N) is 1. The maximum atomic E-state index is 12.8. The summed E-state index contributed by atoms with van der Waals surface area (Å²) in [7, 11) is 5.90. The van der Waals surface area contributed by atoms with E-state index in [0.717, 1.165) is 70.6 Å². The molecule has 59 heavy (non-hydrogen) atoms. The van der Waals surface area contributed by atoms with Crippen molar-refractivity contribution in [2.75, 3.05) is 47.5 Å². The van der Waals surface area contributed by atoms with Gasteiger partial charge in [0.1, 0.15) is 13.2 Å². The SMILES string of the molecule is CC/C=C\C/C=C\C/C=C\C/C=C\CCCCCCC(=O)OC(COC(=O)CCCCCCCCCCCCCCCCCCC)COC(OCC[N+](C)(C)C)C(=O)[O-]. The third-order valence-electron chi connectivity index (χ3n) is 10.1. The van der Waals surface area contributed by atoms with Crippen LogP contribution in [0, 0.1) is 0 Å². The standard InChI is InChI=1S/C50H89NO8/c1-6-8-10-12-14-16-18-20-22-24-26-28-30-32-34-36-38-40-47(52)57-44-46(45-58-50(49(54)55)56-43-42-51(3,4)5)59-48(53)41-39-37-35-33-31-29-27-25-23-21-19-17-15-13-11-9-7-2/h9,11,15,17,21,23,27,29,46,50H,6-8,10,12-14,16,18-20,22,24-26,28,30-45H2,1-5H3/b11-9-,17-15-,23-21-,29-27-. The van der Waals surface area contributed by atoms with Crippen LogP contribution < -0.4 is 5.11 Å². The zero-order valence-electron chi connectivity index (χ0n) is 38.6. The molecular weight excluding hydrogens is 743 g/mol. The molecule has 0 rings (SSSR count). The number of carbonyl (C=O) groups is 3. The maximum absolute atomic E-state index is 12.8. The molecule has 2 atom stereocenters. The molecule has 0 N–H and O–H groups in total. The van der Waals surface area contributed by atoms with E-state index < -0.39 is 24.3 Å². The van der Waals surface area contributed by atoms with Crippen LogP contribution in [0.1, 0.15) is 194 Å². The Labute approximate surface area is 362 Å². The first-order chi connectivity index (χ1) is 28.6. The Morgan fingerprint density at radius 3 is 1.44 bits per heavy atom. The first-order valence-electron chi connectivity index (χ1n) is 23.8. The molecule has 0 amide bonds. The van der Waals surface area contributed by atoms with E-state index in [-0.39, 0.29) is 38.6 Å². The summed E-state index contributed by atoms with van der Waals surface area (Å²) in [5, 5.41) is 11.7. The van der Waals surface area contributed by atoms with Crippen molar-refractivity contribution in [1.82, 2.24) is 0 Å². The van der Waals surface area contributed by atoms with E-state index in [0.29, 0.717) is 17.4 Å². The summed E-state index contributed by atoms with van der Waals surface area (Å²) in [6, 6.07) is 0. The summed E-state index contributed by atoms with van der Waals surface area (Å²) < 4.78 is 22.6. The largest absolute Gasteiger partial charge is 0.545 e. The molecule has 0 aromatic carbocycles. The van der Waals surface area contributed by atoms with Crippen LogP contribution in [0.25, 0.3) is 0 Å². The van der Waals surface area contributed by atoms with Gasteiger partial charge >= 0.3 is 11.9 Å². The van der Waals surface area contributed by atoms with Gasteiger partial charge in [-0.25, -0.2) is 0 Å². The van der Waals surface area contributed by atoms with Crippen molar-refractivity contribution in [3.8, 4) is 0 Å². The number of allylic oxidation sites excluding steroid dienone is 8. The minimum absolute atomic E-state index is 0.142. The molecule has 9 heteroatoms. The van der Waals surface area contributed by atoms with Gasteiger partial charge in [0.05, 0.1) is 40.3 Å². The number of ether oxygens (including phenoxy) is 4. The van der Waals surface area contributed by atoms with Gasteiger partial charge in [-0.15, -0.1) is 0 Å². The number of rotatable bonds is 43. The molecule has 0 aliphatic heterocycles. The lowest BCUT2D eigenvalue weighted by atomic mass is 10.0. The zero-order valence-corrected chi connectivity index (χ0v) is 38.6. The van der Waals surface area contributed by atoms with Gasteiger partial charge < -0.3 is 33.3 Å². The number of esters is 2. The van der Waals surface area contributed by atoms with Gasteiger partial charge in [-0.1, -0.05) is 178 Å². The molecule has 0 saturated heterocycles. The van der Waals surface area contributed by atoms with Gasteiger partial charge in [0.25, 0.3) is 0 Å². The van der Waals surface area contributed by atoms with Gasteiger partial charge in [0, 0.05) is 12.8 Å². The summed E-state index contributed by atoms with van der Waals surface area (Å²) in [6.45, 7) is 4.61. The predicted molar refractivity (Wildman–Crippen MR) is 242 cm³/mol. The number of quaternary nitrogens is 1. The highest BCUT2D eigenvalue weighted by Gasteiger charge is 2.21. The van der Waals surface area contributed by atoms with Crippen molar-refractivity contribution in [3.05, 3.63) is 48.6 Å². The van der Waals surface area contributed by atoms with Crippen molar-refractivity contribution in [2.45, 2.75) is 206 Å². The number of hydrogen-bond acceptors (Lipinski definition) is 8. The Hall–Kier alpha value is -2.75. The van der Waals surface area contributed by atoms with Crippen LogP contribution in [0.15, 0.2) is 48.6 Å². The van der Waals surface area contributed by atoms with Gasteiger partial charge in [-0.05, 0) is 51.4 Å². The minimum atomic E-state index is -1.63. The summed E-state index contributed by atoms with van der Waals surface area (Å²) in [4.78, 5) is 37.0. The van der Waals surface area contributed by atoms with Crippen molar-refractivity contribution < 1.29 is 42.9 Å². The summed E-state index contributed by atoms with van der Waals surface area (Å²) in [5.74, 6) is -2.31. The smallest absolute Gasteiger partial charge is 0.306 e. The van der Waals surface area contributed by atoms with Crippen molar-refractivity contribution >= 4 is 17.9 Å². The molecule has 9 nitrogen and oxygen atoms in total. The topological polar surface area (TPSA) is 111 Å². The monoisotopic (exact) mass is 832 g/mol. The molecule has 2 unspecified atom stereocenters. The highest BCUT2D eigenvalue weighted by molar-refractivity contribution is 5.70. The molecule has 0 saturated carbocycles. The Kier molecular flexibility index (Phi) is 40.0. The fraction of sp³-hybridized carbons (Fsp3) is 0.780. The lowest BCUT2D eigenvalue weighted by Crippen LogP contribution is -2.44. The van der Waals surface area contributed by atoms with Crippen molar-refractivity contribution in [2.24, 2.45) is 0 Å². The van der Waals surface area contributed by atoms with Crippen LogP contribution in [0.2, 0.25) is 0 Å². The van der Waals surface area contributed by atoms with Crippen LogP contribution in [0.5, 0.6) is 0 Å². The average molecular weight is 832 g/mol. The lowest BCUT2D eigenvalue weighted by Gasteiger charge is -2.26. The van der Waals surface area contributed by atoms with E-state index in [1.807, 2.05) is 21.1 Å². The molecule has 0 aliphatic rings. The first kappa shape index (κ1) is 56.2. The summed E-state index contributed by atoms with van der Waals surface area (Å²) in [6.07, 6.45) is 45.7. The molecule has 0 heterocycles. The number of hydrogen-bond donors (Lipinski definition) is 0. The molecule has 0 aromatic rings. The van der Waals surface area contributed by atoms with Gasteiger partial charge in [-0.3, -0.25) is 9.59 Å². The number of carboxylic acid groups (broad SMARTS) is 1. The molecular formula is C50H89NO8. The van der Waals surface area contributed by atoms with E-state index in [1.54, 1.807) is 0 Å². The van der Waals surface area contributed by atoms with E-state index in [2.05, 4.69) is 62.5 Å². The van der Waals surface area contributed by atoms with Gasteiger partial charge in [0.15, 0.2) is 12.4 Å². The Bertz CT molecular complexity index is 1110. The maximum Gasteiger partial charge on any atom is 0.306 e. The van der Waals surface area contributed by atoms with Crippen LogP contribution in [0.4, 0.5) is 0 Å². The molecule has 0 aliphatic carbocycles. The number of carbonyl (C=O) groups excluding carboxylic acids is 3. The van der Waals surface area contributed by atoms with E-state index >= 15 is 0 Å². The first-order valence-corrected chi connectivity index (χ1v) is 23.8. The molecule has 0 bridgehead atoms. The molecule has 0 radical (unpaired) electrons. The third kappa shape index (κ3) is 43.2. The van der Waals surface area contributed by atoms with Crippen LogP contribution in [0.3, 0.4) is 0 Å². The number of unbranched alkanes of at least 4 members (excludes halogenated alkanes) is 20. The normalized spacial score (nSPS) is 13.3. The second-order valence-corrected chi connectivity index (χ2v) is 17.0. The van der Waals surface area contributed by atoms with Gasteiger partial charge in [-0.2, -0.15) is 0 Å². The Morgan fingerprint density at radius 1 is 0.525 bits per heavy atom. The zero-order chi connectivity index (χ0) is 43.5. The van der Waals surface area contributed by atoms with Crippen LogP contribution in [-0.2, 0) is 33.3 Å². The van der Waals surface area contributed by atoms with Crippen molar-refractivity contribution in [3.63, 3.8) is 0 Å². The quantitative estimate of drug-likeness (QED) is 0.0196. The minimum Gasteiger partial charge on any atom is -0.545 e. The molecule has 0 aromatic heterocycles. The third-order valence-corrected chi connectivity index (χ3v) is 10.1. The average Bonchev–Trinajstić information content (AvgIpc) is 3.19. The molecule has 0 fully saturated rings. The Morgan fingerprint density at radius 2 is 0.966 bits per heavy atom. The highest BCUT2D eigenvalue weighted by atomic mass is 16.7. The fourth-order valence-electron chi connectivity index (χ4n) is 6.41. The number of carboxylic acids is 1. The van der Waals surface area contributed by atoms with E-state index in [1.165, 1.54) is 89.9 Å². The summed E-state index contributed by atoms with van der Waals surface area (Å²) in [5.41, 5.74) is 0. The number of likely N-dealkylation sites (N-methyl/N-ethyl adjacent to an activating group) is 1. The van der Waals surface area contributed by atoms with Gasteiger partial charge in [0.2, 0.25) is 0 Å². The second-order valence-electron chi connectivity index (χ2n) is 17.0. The van der Waals surface area contributed by atoms with Crippen molar-refractivity contribution in [1.29, 1.82) is 0 Å².